The van der Waals surface area contributed by atoms with Gasteiger partial charge in [-0.3, -0.25) is 0 Å². The maximum atomic E-state index is 9.42. The van der Waals surface area contributed by atoms with Crippen molar-refractivity contribution in [2.45, 2.75) is 83.7 Å². The summed E-state index contributed by atoms with van der Waals surface area (Å²) in [5.41, 5.74) is 0. The Balaban J connectivity index is 3.12. The molecular weight excluding hydrogens is 224 g/mol. The van der Waals surface area contributed by atoms with Gasteiger partial charge in [-0.05, 0) is 38.5 Å². The largest absolute Gasteiger partial charge is 0.396 e. The summed E-state index contributed by atoms with van der Waals surface area (Å²) in [6, 6.07) is 0. The summed E-state index contributed by atoms with van der Waals surface area (Å²) in [5.74, 6) is 0. The van der Waals surface area contributed by atoms with Crippen molar-refractivity contribution >= 4 is 0 Å². The highest BCUT2D eigenvalue weighted by Gasteiger charge is 2.01. The SMILES string of the molecule is CCCCCC/C=C\CCCCCC(O)CCO. The van der Waals surface area contributed by atoms with E-state index in [-0.39, 0.29) is 12.7 Å². The van der Waals surface area contributed by atoms with Crippen LogP contribution in [-0.2, 0) is 0 Å². The predicted molar refractivity (Wildman–Crippen MR) is 78.7 cm³/mol. The van der Waals surface area contributed by atoms with Gasteiger partial charge in [0.2, 0.25) is 0 Å². The van der Waals surface area contributed by atoms with E-state index in [2.05, 4.69) is 19.1 Å². The van der Waals surface area contributed by atoms with Gasteiger partial charge in [0.15, 0.2) is 0 Å². The Morgan fingerprint density at radius 1 is 0.833 bits per heavy atom. The predicted octanol–water partition coefficient (Wildman–Crippen LogP) is 4.21. The van der Waals surface area contributed by atoms with Crippen LogP contribution in [0.1, 0.15) is 77.6 Å². The Hall–Kier alpha value is -0.340. The van der Waals surface area contributed by atoms with Gasteiger partial charge in [-0.1, -0.05) is 51.2 Å². The van der Waals surface area contributed by atoms with Gasteiger partial charge in [0.25, 0.3) is 0 Å². The molecule has 0 aromatic rings. The number of aliphatic hydroxyl groups is 2. The molecule has 0 aliphatic rings. The van der Waals surface area contributed by atoms with Crippen LogP contribution in [0.15, 0.2) is 12.2 Å². The summed E-state index contributed by atoms with van der Waals surface area (Å²) in [6.45, 7) is 2.34. The lowest BCUT2D eigenvalue weighted by Crippen LogP contribution is -2.08. The Morgan fingerprint density at radius 2 is 1.44 bits per heavy atom. The van der Waals surface area contributed by atoms with Crippen molar-refractivity contribution in [3.63, 3.8) is 0 Å². The fraction of sp³-hybridized carbons (Fsp3) is 0.875. The lowest BCUT2D eigenvalue weighted by atomic mass is 10.1. The van der Waals surface area contributed by atoms with Crippen LogP contribution in [0.2, 0.25) is 0 Å². The Morgan fingerprint density at radius 3 is 2.00 bits per heavy atom. The molecule has 0 rings (SSSR count). The standard InChI is InChI=1S/C16H32O2/c1-2-3-4-5-6-7-8-9-10-11-12-13-16(18)14-15-17/h7-8,16-18H,2-6,9-15H2,1H3/b8-7-. The van der Waals surface area contributed by atoms with Crippen LogP contribution in [-0.4, -0.2) is 22.9 Å². The van der Waals surface area contributed by atoms with Crippen molar-refractivity contribution in [3.05, 3.63) is 12.2 Å². The van der Waals surface area contributed by atoms with Gasteiger partial charge in [0, 0.05) is 6.61 Å². The molecule has 108 valence electrons. The minimum absolute atomic E-state index is 0.0991. The lowest BCUT2D eigenvalue weighted by Gasteiger charge is -2.07. The quantitative estimate of drug-likeness (QED) is 0.383. The highest BCUT2D eigenvalue weighted by Crippen LogP contribution is 2.09. The molecule has 0 fully saturated rings. The first-order valence-electron chi connectivity index (χ1n) is 7.75. The van der Waals surface area contributed by atoms with Gasteiger partial charge < -0.3 is 10.2 Å². The van der Waals surface area contributed by atoms with Crippen molar-refractivity contribution in [3.8, 4) is 0 Å². The smallest absolute Gasteiger partial charge is 0.0562 e. The van der Waals surface area contributed by atoms with Gasteiger partial charge in [0.1, 0.15) is 0 Å². The van der Waals surface area contributed by atoms with E-state index in [1.165, 1.54) is 51.4 Å². The lowest BCUT2D eigenvalue weighted by molar-refractivity contribution is 0.122. The molecule has 0 saturated heterocycles. The maximum absolute atomic E-state index is 9.42. The highest BCUT2D eigenvalue weighted by atomic mass is 16.3. The molecule has 2 heteroatoms. The minimum atomic E-state index is -0.302. The summed E-state index contributed by atoms with van der Waals surface area (Å²) in [7, 11) is 0. The first-order valence-corrected chi connectivity index (χ1v) is 7.75. The summed E-state index contributed by atoms with van der Waals surface area (Å²) >= 11 is 0. The van der Waals surface area contributed by atoms with Crippen LogP contribution in [0, 0.1) is 0 Å². The normalized spacial score (nSPS) is 13.3. The average molecular weight is 256 g/mol. The van der Waals surface area contributed by atoms with Gasteiger partial charge in [0.05, 0.1) is 6.10 Å². The van der Waals surface area contributed by atoms with Crippen molar-refractivity contribution < 1.29 is 10.2 Å². The molecule has 0 spiro atoms. The van der Waals surface area contributed by atoms with Crippen LogP contribution in [0.3, 0.4) is 0 Å². The molecule has 1 unspecified atom stereocenters. The number of aliphatic hydroxyl groups excluding tert-OH is 2. The fourth-order valence-corrected chi connectivity index (χ4v) is 2.04. The van der Waals surface area contributed by atoms with E-state index in [4.69, 9.17) is 5.11 Å². The molecular formula is C16H32O2. The molecule has 2 N–H and O–H groups in total. The minimum Gasteiger partial charge on any atom is -0.396 e. The van der Waals surface area contributed by atoms with Crippen LogP contribution >= 0.6 is 0 Å². The van der Waals surface area contributed by atoms with E-state index in [1.54, 1.807) is 0 Å². The molecule has 0 radical (unpaired) electrons. The molecule has 0 bridgehead atoms. The number of hydrogen-bond donors (Lipinski definition) is 2. The second-order valence-corrected chi connectivity index (χ2v) is 5.12. The Bertz CT molecular complexity index is 178. The highest BCUT2D eigenvalue weighted by molar-refractivity contribution is 4.81. The van der Waals surface area contributed by atoms with Crippen molar-refractivity contribution in [1.29, 1.82) is 0 Å². The second-order valence-electron chi connectivity index (χ2n) is 5.12. The van der Waals surface area contributed by atoms with Crippen LogP contribution in [0.5, 0.6) is 0 Å². The molecule has 0 amide bonds. The third-order valence-corrected chi connectivity index (χ3v) is 3.26. The number of hydrogen-bond acceptors (Lipinski definition) is 2. The van der Waals surface area contributed by atoms with Gasteiger partial charge in [-0.15, -0.1) is 0 Å². The zero-order valence-corrected chi connectivity index (χ0v) is 12.1. The molecule has 0 aliphatic heterocycles. The van der Waals surface area contributed by atoms with Gasteiger partial charge in [-0.25, -0.2) is 0 Å². The number of unbranched alkanes of at least 4 members (excludes halogenated alkanes) is 7. The first-order chi connectivity index (χ1) is 8.81. The third-order valence-electron chi connectivity index (χ3n) is 3.26. The molecule has 0 aromatic heterocycles. The van der Waals surface area contributed by atoms with Crippen LogP contribution in [0.25, 0.3) is 0 Å². The fourth-order valence-electron chi connectivity index (χ4n) is 2.04. The molecule has 0 saturated carbocycles. The van der Waals surface area contributed by atoms with E-state index in [0.29, 0.717) is 6.42 Å². The Kier molecular flexibility index (Phi) is 14.4. The Labute approximate surface area is 113 Å². The number of allylic oxidation sites excluding steroid dienone is 2. The number of rotatable bonds is 13. The molecule has 2 nitrogen and oxygen atoms in total. The van der Waals surface area contributed by atoms with Crippen molar-refractivity contribution in [2.24, 2.45) is 0 Å². The van der Waals surface area contributed by atoms with E-state index in [0.717, 1.165) is 12.8 Å². The first kappa shape index (κ1) is 17.7. The molecule has 18 heavy (non-hydrogen) atoms. The maximum Gasteiger partial charge on any atom is 0.0562 e. The molecule has 0 heterocycles. The average Bonchev–Trinajstić information content (AvgIpc) is 2.36. The molecule has 1 atom stereocenters. The molecule has 0 aromatic carbocycles. The zero-order chi connectivity index (χ0) is 13.5. The summed E-state index contributed by atoms with van der Waals surface area (Å²) < 4.78 is 0. The van der Waals surface area contributed by atoms with Gasteiger partial charge >= 0.3 is 0 Å². The summed E-state index contributed by atoms with van der Waals surface area (Å²) in [6.07, 6.45) is 16.9. The second kappa shape index (κ2) is 14.7. The van der Waals surface area contributed by atoms with E-state index in [9.17, 15) is 5.11 Å². The van der Waals surface area contributed by atoms with Crippen molar-refractivity contribution in [1.82, 2.24) is 0 Å². The topological polar surface area (TPSA) is 40.5 Å². The van der Waals surface area contributed by atoms with E-state index in [1.807, 2.05) is 0 Å². The van der Waals surface area contributed by atoms with E-state index >= 15 is 0 Å². The monoisotopic (exact) mass is 256 g/mol. The summed E-state index contributed by atoms with van der Waals surface area (Å²) in [4.78, 5) is 0. The van der Waals surface area contributed by atoms with Crippen LogP contribution < -0.4 is 0 Å². The molecule has 0 aliphatic carbocycles. The van der Waals surface area contributed by atoms with Crippen LogP contribution in [0.4, 0.5) is 0 Å². The zero-order valence-electron chi connectivity index (χ0n) is 12.1. The van der Waals surface area contributed by atoms with E-state index < -0.39 is 0 Å². The van der Waals surface area contributed by atoms with Crippen molar-refractivity contribution in [2.75, 3.05) is 6.61 Å². The van der Waals surface area contributed by atoms with Gasteiger partial charge in [-0.2, -0.15) is 0 Å². The summed E-state index contributed by atoms with van der Waals surface area (Å²) in [5, 5.41) is 18.1. The third kappa shape index (κ3) is 13.7.